The monoisotopic (exact) mass is 420 g/mol. The molecule has 164 valence electrons. The summed E-state index contributed by atoms with van der Waals surface area (Å²) in [5.41, 5.74) is 3.80. The second-order valence-corrected chi connectivity index (χ2v) is 8.61. The maximum Gasteiger partial charge on any atom is 0.129 e. The summed E-state index contributed by atoms with van der Waals surface area (Å²) in [6, 6.07) is 14.1. The summed E-state index contributed by atoms with van der Waals surface area (Å²) in [7, 11) is 0. The summed E-state index contributed by atoms with van der Waals surface area (Å²) in [5, 5.41) is 3.43. The Kier molecular flexibility index (Phi) is 7.58. The highest BCUT2D eigenvalue weighted by atomic mass is 16.5. The van der Waals surface area contributed by atoms with Crippen molar-refractivity contribution < 1.29 is 9.47 Å². The molecule has 0 aliphatic rings. The molecule has 1 atom stereocenters. The molecule has 3 aromatic rings. The van der Waals surface area contributed by atoms with Gasteiger partial charge in [-0.15, -0.1) is 0 Å². The average molecular weight is 421 g/mol. The summed E-state index contributed by atoms with van der Waals surface area (Å²) in [6.07, 6.45) is 3.41. The maximum absolute atomic E-state index is 6.01. The van der Waals surface area contributed by atoms with Crippen molar-refractivity contribution in [2.24, 2.45) is 0 Å². The molecule has 1 N–H and O–H groups in total. The number of nitrogens with zero attached hydrogens (tertiary/aromatic N) is 3. The predicted molar refractivity (Wildman–Crippen MR) is 125 cm³/mol. The molecule has 6 nitrogen and oxygen atoms in total. The van der Waals surface area contributed by atoms with Crippen LogP contribution in [0.2, 0.25) is 0 Å². The Morgan fingerprint density at radius 3 is 2.55 bits per heavy atom. The van der Waals surface area contributed by atoms with Gasteiger partial charge in [-0.1, -0.05) is 25.1 Å². The summed E-state index contributed by atoms with van der Waals surface area (Å²) >= 11 is 0. The van der Waals surface area contributed by atoms with Gasteiger partial charge in [-0.2, -0.15) is 0 Å². The van der Waals surface area contributed by atoms with Crippen molar-refractivity contribution in [2.45, 2.75) is 46.1 Å². The molecule has 2 heterocycles. The Morgan fingerprint density at radius 2 is 1.81 bits per heavy atom. The Morgan fingerprint density at radius 1 is 1.00 bits per heavy atom. The molecule has 3 rings (SSSR count). The molecular formula is C25H32N4O2. The molecule has 2 aromatic heterocycles. The molecule has 31 heavy (non-hydrogen) atoms. The van der Waals surface area contributed by atoms with E-state index in [1.807, 2.05) is 70.3 Å². The number of aryl methyl sites for hydroxylation is 1. The highest BCUT2D eigenvalue weighted by Gasteiger charge is 2.13. The van der Waals surface area contributed by atoms with Crippen LogP contribution in [0.25, 0.3) is 11.3 Å². The molecule has 6 heteroatoms. The van der Waals surface area contributed by atoms with Gasteiger partial charge in [-0.3, -0.25) is 4.98 Å². The van der Waals surface area contributed by atoms with E-state index in [-0.39, 0.29) is 11.5 Å². The molecule has 0 amide bonds. The fraction of sp³-hybridized carbons (Fsp3) is 0.400. The summed E-state index contributed by atoms with van der Waals surface area (Å²) in [4.78, 5) is 13.1. The van der Waals surface area contributed by atoms with Crippen LogP contribution in [0.15, 0.2) is 55.0 Å². The van der Waals surface area contributed by atoms with E-state index in [1.54, 1.807) is 6.33 Å². The van der Waals surface area contributed by atoms with Crippen LogP contribution in [0.1, 0.15) is 44.9 Å². The largest absolute Gasteiger partial charge is 0.491 e. The molecular weight excluding hydrogens is 388 g/mol. The highest BCUT2D eigenvalue weighted by molar-refractivity contribution is 5.61. The van der Waals surface area contributed by atoms with Crippen LogP contribution in [-0.4, -0.2) is 40.3 Å². The molecule has 1 unspecified atom stereocenters. The number of pyridine rings is 1. The second kappa shape index (κ2) is 10.4. The Bertz CT molecular complexity index is 968. The van der Waals surface area contributed by atoms with Gasteiger partial charge in [0.25, 0.3) is 0 Å². The van der Waals surface area contributed by atoms with Gasteiger partial charge in [0.15, 0.2) is 0 Å². The molecule has 0 saturated heterocycles. The fourth-order valence-corrected chi connectivity index (χ4v) is 3.12. The standard InChI is InChI=1S/C25H32N4O2/c1-18(21-8-6-7-9-23(21)30-12-13-31-25(3,4)5)15-27-24-14-22(28-17-29-24)20-11-10-19(2)26-16-20/h6-11,14,16-18H,12-13,15H2,1-5H3,(H,27,28,29). The molecule has 0 saturated carbocycles. The van der Waals surface area contributed by atoms with E-state index in [0.29, 0.717) is 13.2 Å². The number of ether oxygens (including phenoxy) is 2. The molecule has 0 spiro atoms. The molecule has 0 bridgehead atoms. The van der Waals surface area contributed by atoms with Crippen LogP contribution in [0.3, 0.4) is 0 Å². The first-order chi connectivity index (χ1) is 14.8. The van der Waals surface area contributed by atoms with Crippen LogP contribution in [0, 0.1) is 6.92 Å². The topological polar surface area (TPSA) is 69.2 Å². The van der Waals surface area contributed by atoms with Crippen LogP contribution in [0.5, 0.6) is 5.75 Å². The second-order valence-electron chi connectivity index (χ2n) is 8.61. The van der Waals surface area contributed by atoms with Gasteiger partial charge < -0.3 is 14.8 Å². The fourth-order valence-electron chi connectivity index (χ4n) is 3.12. The zero-order chi connectivity index (χ0) is 22.3. The quantitative estimate of drug-likeness (QED) is 0.477. The molecule has 0 aliphatic carbocycles. The summed E-state index contributed by atoms with van der Waals surface area (Å²) in [5.74, 6) is 1.91. The zero-order valence-corrected chi connectivity index (χ0v) is 19.1. The predicted octanol–water partition coefficient (Wildman–Crippen LogP) is 5.26. The smallest absolute Gasteiger partial charge is 0.129 e. The minimum atomic E-state index is -0.162. The number of hydrogen-bond donors (Lipinski definition) is 1. The number of rotatable bonds is 9. The highest BCUT2D eigenvalue weighted by Crippen LogP contribution is 2.27. The Hall–Kier alpha value is -2.99. The lowest BCUT2D eigenvalue weighted by Gasteiger charge is -2.21. The lowest BCUT2D eigenvalue weighted by Crippen LogP contribution is -2.22. The number of aromatic nitrogens is 3. The van der Waals surface area contributed by atoms with E-state index in [1.165, 1.54) is 0 Å². The van der Waals surface area contributed by atoms with Crippen molar-refractivity contribution >= 4 is 5.82 Å². The van der Waals surface area contributed by atoms with Gasteiger partial charge in [0.1, 0.15) is 24.5 Å². The van der Waals surface area contributed by atoms with E-state index in [4.69, 9.17) is 9.47 Å². The molecule has 0 aliphatic heterocycles. The Labute approximate surface area is 185 Å². The SMILES string of the molecule is Cc1ccc(-c2cc(NCC(C)c3ccccc3OCCOC(C)(C)C)ncn2)cn1. The van der Waals surface area contributed by atoms with Crippen molar-refractivity contribution in [3.05, 3.63) is 66.2 Å². The lowest BCUT2D eigenvalue weighted by atomic mass is 10.00. The van der Waals surface area contributed by atoms with Gasteiger partial charge in [0, 0.05) is 36.0 Å². The van der Waals surface area contributed by atoms with E-state index < -0.39 is 0 Å². The van der Waals surface area contributed by atoms with E-state index in [9.17, 15) is 0 Å². The van der Waals surface area contributed by atoms with Crippen LogP contribution >= 0.6 is 0 Å². The third-order valence-electron chi connectivity index (χ3n) is 4.79. The Balaban J connectivity index is 1.60. The third kappa shape index (κ3) is 7.03. The minimum Gasteiger partial charge on any atom is -0.491 e. The first-order valence-electron chi connectivity index (χ1n) is 10.7. The average Bonchev–Trinajstić information content (AvgIpc) is 2.75. The van der Waals surface area contributed by atoms with Gasteiger partial charge >= 0.3 is 0 Å². The van der Waals surface area contributed by atoms with E-state index >= 15 is 0 Å². The summed E-state index contributed by atoms with van der Waals surface area (Å²) in [6.45, 7) is 12.1. The zero-order valence-electron chi connectivity index (χ0n) is 19.1. The van der Waals surface area contributed by atoms with Crippen molar-refractivity contribution in [2.75, 3.05) is 25.1 Å². The maximum atomic E-state index is 6.01. The van der Waals surface area contributed by atoms with Crippen molar-refractivity contribution in [1.29, 1.82) is 0 Å². The minimum absolute atomic E-state index is 0.162. The molecule has 0 fully saturated rings. The normalized spacial score (nSPS) is 12.4. The number of benzene rings is 1. The lowest BCUT2D eigenvalue weighted by molar-refractivity contribution is -0.0164. The van der Waals surface area contributed by atoms with Gasteiger partial charge in [0.2, 0.25) is 0 Å². The number of nitrogens with one attached hydrogen (secondary N) is 1. The van der Waals surface area contributed by atoms with E-state index in [2.05, 4.69) is 33.3 Å². The van der Waals surface area contributed by atoms with E-state index in [0.717, 1.165) is 40.6 Å². The van der Waals surface area contributed by atoms with Gasteiger partial charge in [0.05, 0.1) is 17.9 Å². The van der Waals surface area contributed by atoms with Crippen LogP contribution in [-0.2, 0) is 4.74 Å². The van der Waals surface area contributed by atoms with Crippen molar-refractivity contribution in [1.82, 2.24) is 15.0 Å². The third-order valence-corrected chi connectivity index (χ3v) is 4.79. The van der Waals surface area contributed by atoms with Crippen LogP contribution < -0.4 is 10.1 Å². The number of hydrogen-bond acceptors (Lipinski definition) is 6. The van der Waals surface area contributed by atoms with Gasteiger partial charge in [-0.25, -0.2) is 9.97 Å². The van der Waals surface area contributed by atoms with Crippen molar-refractivity contribution in [3.63, 3.8) is 0 Å². The van der Waals surface area contributed by atoms with Gasteiger partial charge in [-0.05, 0) is 51.5 Å². The molecule has 1 aromatic carbocycles. The first-order valence-corrected chi connectivity index (χ1v) is 10.7. The molecule has 0 radical (unpaired) electrons. The van der Waals surface area contributed by atoms with Crippen LogP contribution in [0.4, 0.5) is 5.82 Å². The summed E-state index contributed by atoms with van der Waals surface area (Å²) < 4.78 is 11.8. The van der Waals surface area contributed by atoms with Crippen molar-refractivity contribution in [3.8, 4) is 17.0 Å². The number of anilines is 1. The first kappa shape index (κ1) is 22.7. The number of para-hydroxylation sites is 1.